The molecule has 3 rings (SSSR count). The lowest BCUT2D eigenvalue weighted by atomic mass is 9.92. The summed E-state index contributed by atoms with van der Waals surface area (Å²) in [6.07, 6.45) is 4.22. The molecule has 1 amide bonds. The van der Waals surface area contributed by atoms with Crippen molar-refractivity contribution in [2.75, 3.05) is 13.1 Å². The molecule has 1 heterocycles. The predicted molar refractivity (Wildman–Crippen MR) is 83.1 cm³/mol. The van der Waals surface area contributed by atoms with Gasteiger partial charge in [0.15, 0.2) is 0 Å². The monoisotopic (exact) mass is 336 g/mol. The van der Waals surface area contributed by atoms with Crippen molar-refractivity contribution in [1.29, 1.82) is 0 Å². The van der Waals surface area contributed by atoms with Gasteiger partial charge in [-0.1, -0.05) is 34.5 Å². The lowest BCUT2D eigenvalue weighted by Gasteiger charge is -2.32. The molecule has 1 fully saturated rings. The molecule has 1 saturated carbocycles. The molecule has 0 bridgehead atoms. The normalized spacial score (nSPS) is 25.6. The highest BCUT2D eigenvalue weighted by molar-refractivity contribution is 9.10. The van der Waals surface area contributed by atoms with Gasteiger partial charge < -0.3 is 10.6 Å². The molecular weight excluding hydrogens is 316 g/mol. The second-order valence-electron chi connectivity index (χ2n) is 5.92. The van der Waals surface area contributed by atoms with Crippen molar-refractivity contribution in [3.8, 4) is 0 Å². The fraction of sp³-hybridized carbons (Fsp3) is 0.562. The number of hydrogen-bond acceptors (Lipinski definition) is 2. The maximum atomic E-state index is 12.7. The molecule has 2 aliphatic rings. The minimum absolute atomic E-state index is 0.161. The number of benzene rings is 1. The van der Waals surface area contributed by atoms with E-state index in [1.165, 1.54) is 15.6 Å². The van der Waals surface area contributed by atoms with E-state index in [1.807, 2.05) is 4.90 Å². The fourth-order valence-corrected chi connectivity index (χ4v) is 4.24. The number of rotatable bonds is 2. The van der Waals surface area contributed by atoms with E-state index in [2.05, 4.69) is 34.1 Å². The van der Waals surface area contributed by atoms with Crippen LogP contribution in [-0.2, 0) is 17.8 Å². The van der Waals surface area contributed by atoms with Crippen LogP contribution in [0.4, 0.5) is 0 Å². The molecule has 2 atom stereocenters. The predicted octanol–water partition coefficient (Wildman–Crippen LogP) is 2.71. The second-order valence-corrected chi connectivity index (χ2v) is 6.77. The van der Waals surface area contributed by atoms with E-state index >= 15 is 0 Å². The standard InChI is InChI=1S/C16H21BrN2O/c17-15-6-2-4-12-10-19(8-7-13(12)15)16(20)14-5-1-3-11(14)9-18/h2,4,6,11,14H,1,3,5,7-10,18H2/t11-,14-/m1/s1. The highest BCUT2D eigenvalue weighted by atomic mass is 79.9. The second kappa shape index (κ2) is 5.86. The quantitative estimate of drug-likeness (QED) is 0.902. The highest BCUT2D eigenvalue weighted by Gasteiger charge is 2.35. The van der Waals surface area contributed by atoms with Gasteiger partial charge in [0.05, 0.1) is 0 Å². The van der Waals surface area contributed by atoms with Crippen LogP contribution in [0.2, 0.25) is 0 Å². The van der Waals surface area contributed by atoms with E-state index in [1.54, 1.807) is 0 Å². The minimum Gasteiger partial charge on any atom is -0.338 e. The van der Waals surface area contributed by atoms with Crippen molar-refractivity contribution in [3.05, 3.63) is 33.8 Å². The molecule has 1 aliphatic carbocycles. The fourth-order valence-electron chi connectivity index (χ4n) is 3.63. The van der Waals surface area contributed by atoms with E-state index < -0.39 is 0 Å². The molecule has 3 nitrogen and oxygen atoms in total. The van der Waals surface area contributed by atoms with E-state index in [4.69, 9.17) is 5.73 Å². The first kappa shape index (κ1) is 14.1. The zero-order valence-electron chi connectivity index (χ0n) is 11.6. The van der Waals surface area contributed by atoms with Crippen LogP contribution >= 0.6 is 15.9 Å². The molecule has 0 spiro atoms. The lowest BCUT2D eigenvalue weighted by molar-refractivity contribution is -0.137. The molecule has 0 saturated heterocycles. The van der Waals surface area contributed by atoms with Crippen molar-refractivity contribution in [2.45, 2.75) is 32.2 Å². The average molecular weight is 337 g/mol. The van der Waals surface area contributed by atoms with Gasteiger partial charge in [-0.15, -0.1) is 0 Å². The molecule has 1 aliphatic heterocycles. The molecule has 2 N–H and O–H groups in total. The summed E-state index contributed by atoms with van der Waals surface area (Å²) < 4.78 is 1.17. The Hall–Kier alpha value is -0.870. The summed E-state index contributed by atoms with van der Waals surface area (Å²) in [5.41, 5.74) is 8.45. The first-order valence-corrected chi connectivity index (χ1v) is 8.25. The Kier molecular flexibility index (Phi) is 4.13. The Labute approximate surface area is 128 Å². The minimum atomic E-state index is 0.161. The Morgan fingerprint density at radius 2 is 2.25 bits per heavy atom. The largest absolute Gasteiger partial charge is 0.338 e. The number of halogens is 1. The SMILES string of the molecule is NC[C@H]1CCC[C@H]1C(=O)N1CCc2c(Br)cccc2C1. The smallest absolute Gasteiger partial charge is 0.226 e. The molecule has 1 aromatic carbocycles. The first-order chi connectivity index (χ1) is 9.70. The van der Waals surface area contributed by atoms with Gasteiger partial charge in [0, 0.05) is 23.5 Å². The molecule has 4 heteroatoms. The summed E-state index contributed by atoms with van der Waals surface area (Å²) in [5, 5.41) is 0. The van der Waals surface area contributed by atoms with E-state index in [0.717, 1.165) is 38.8 Å². The van der Waals surface area contributed by atoms with Crippen LogP contribution in [0.3, 0.4) is 0 Å². The van der Waals surface area contributed by atoms with Gasteiger partial charge in [-0.05, 0) is 48.9 Å². The van der Waals surface area contributed by atoms with E-state index in [9.17, 15) is 4.79 Å². The molecule has 0 aromatic heterocycles. The van der Waals surface area contributed by atoms with Gasteiger partial charge in [-0.2, -0.15) is 0 Å². The van der Waals surface area contributed by atoms with Crippen LogP contribution in [0, 0.1) is 11.8 Å². The third-order valence-electron chi connectivity index (χ3n) is 4.80. The van der Waals surface area contributed by atoms with Gasteiger partial charge >= 0.3 is 0 Å². The summed E-state index contributed by atoms with van der Waals surface area (Å²) in [6.45, 7) is 2.23. The van der Waals surface area contributed by atoms with Crippen LogP contribution in [0.1, 0.15) is 30.4 Å². The summed E-state index contributed by atoms with van der Waals surface area (Å²) in [5.74, 6) is 0.878. The third-order valence-corrected chi connectivity index (χ3v) is 5.54. The number of nitrogens with two attached hydrogens (primary N) is 1. The molecular formula is C16H21BrN2O. The number of hydrogen-bond donors (Lipinski definition) is 1. The highest BCUT2D eigenvalue weighted by Crippen LogP contribution is 2.34. The summed E-state index contributed by atoms with van der Waals surface area (Å²) >= 11 is 3.61. The van der Waals surface area contributed by atoms with Gasteiger partial charge in [-0.25, -0.2) is 0 Å². The van der Waals surface area contributed by atoms with Gasteiger partial charge in [-0.3, -0.25) is 4.79 Å². The molecule has 108 valence electrons. The lowest BCUT2D eigenvalue weighted by Crippen LogP contribution is -2.41. The Morgan fingerprint density at radius 1 is 1.40 bits per heavy atom. The topological polar surface area (TPSA) is 46.3 Å². The average Bonchev–Trinajstić information content (AvgIpc) is 2.95. The van der Waals surface area contributed by atoms with Crippen LogP contribution in [0.25, 0.3) is 0 Å². The number of fused-ring (bicyclic) bond motifs is 1. The number of nitrogens with zero attached hydrogens (tertiary/aromatic N) is 1. The summed E-state index contributed by atoms with van der Waals surface area (Å²) in [7, 11) is 0. The van der Waals surface area contributed by atoms with Crippen LogP contribution in [-0.4, -0.2) is 23.9 Å². The van der Waals surface area contributed by atoms with Crippen molar-refractivity contribution in [3.63, 3.8) is 0 Å². The maximum absolute atomic E-state index is 12.7. The summed E-state index contributed by atoms with van der Waals surface area (Å²) in [6, 6.07) is 6.27. The van der Waals surface area contributed by atoms with Crippen molar-refractivity contribution < 1.29 is 4.79 Å². The van der Waals surface area contributed by atoms with Gasteiger partial charge in [0.1, 0.15) is 0 Å². The third kappa shape index (κ3) is 2.51. The zero-order valence-corrected chi connectivity index (χ0v) is 13.2. The molecule has 20 heavy (non-hydrogen) atoms. The Morgan fingerprint density at radius 3 is 3.05 bits per heavy atom. The zero-order chi connectivity index (χ0) is 14.1. The molecule has 0 radical (unpaired) electrons. The van der Waals surface area contributed by atoms with Crippen molar-refractivity contribution in [2.24, 2.45) is 17.6 Å². The van der Waals surface area contributed by atoms with E-state index in [-0.39, 0.29) is 5.92 Å². The van der Waals surface area contributed by atoms with Gasteiger partial charge in [0.2, 0.25) is 5.91 Å². The van der Waals surface area contributed by atoms with Crippen molar-refractivity contribution >= 4 is 21.8 Å². The molecule has 1 aromatic rings. The Bertz CT molecular complexity index is 517. The summed E-state index contributed by atoms with van der Waals surface area (Å²) in [4.78, 5) is 14.8. The maximum Gasteiger partial charge on any atom is 0.226 e. The Balaban J connectivity index is 1.75. The number of amides is 1. The van der Waals surface area contributed by atoms with E-state index in [0.29, 0.717) is 18.4 Å². The number of carbonyl (C=O) groups excluding carboxylic acids is 1. The van der Waals surface area contributed by atoms with Crippen LogP contribution in [0.15, 0.2) is 22.7 Å². The first-order valence-electron chi connectivity index (χ1n) is 7.46. The van der Waals surface area contributed by atoms with Crippen molar-refractivity contribution in [1.82, 2.24) is 4.90 Å². The van der Waals surface area contributed by atoms with Gasteiger partial charge in [0.25, 0.3) is 0 Å². The van der Waals surface area contributed by atoms with Crippen LogP contribution < -0.4 is 5.73 Å². The molecule has 0 unspecified atom stereocenters. The van der Waals surface area contributed by atoms with Crippen LogP contribution in [0.5, 0.6) is 0 Å². The number of carbonyl (C=O) groups is 1.